The number of hydrogen-bond donors (Lipinski definition) is 0. The maximum atomic E-state index is 5.51. The molecule has 0 radical (unpaired) electrons. The predicted octanol–water partition coefficient (Wildman–Crippen LogP) is 3.31. The SMILES string of the molecule is COc1cc(C2CC2C)ccc1-n1cnc(C)c1. The molecule has 1 aromatic heterocycles. The lowest BCUT2D eigenvalue weighted by molar-refractivity contribution is 0.412. The van der Waals surface area contributed by atoms with Crippen molar-refractivity contribution >= 4 is 0 Å². The van der Waals surface area contributed by atoms with Gasteiger partial charge in [0.2, 0.25) is 0 Å². The number of aryl methyl sites for hydroxylation is 1. The number of nitrogens with zero attached hydrogens (tertiary/aromatic N) is 2. The zero-order chi connectivity index (χ0) is 12.7. The summed E-state index contributed by atoms with van der Waals surface area (Å²) >= 11 is 0. The molecule has 1 aromatic carbocycles. The predicted molar refractivity (Wildman–Crippen MR) is 71.4 cm³/mol. The van der Waals surface area contributed by atoms with Crippen molar-refractivity contribution in [3.05, 3.63) is 42.0 Å². The molecule has 1 saturated carbocycles. The van der Waals surface area contributed by atoms with Gasteiger partial charge >= 0.3 is 0 Å². The van der Waals surface area contributed by atoms with Gasteiger partial charge in [0.25, 0.3) is 0 Å². The fourth-order valence-electron chi connectivity index (χ4n) is 2.48. The molecule has 1 fully saturated rings. The molecule has 0 amide bonds. The van der Waals surface area contributed by atoms with E-state index in [-0.39, 0.29) is 0 Å². The van der Waals surface area contributed by atoms with Gasteiger partial charge in [0.05, 0.1) is 24.8 Å². The molecule has 2 aromatic rings. The molecule has 3 rings (SSSR count). The molecule has 1 heterocycles. The second-order valence-electron chi connectivity index (χ2n) is 5.17. The summed E-state index contributed by atoms with van der Waals surface area (Å²) < 4.78 is 7.52. The van der Waals surface area contributed by atoms with Crippen molar-refractivity contribution in [2.24, 2.45) is 5.92 Å². The zero-order valence-corrected chi connectivity index (χ0v) is 11.1. The van der Waals surface area contributed by atoms with Gasteiger partial charge in [0.15, 0.2) is 0 Å². The molecule has 94 valence electrons. The Labute approximate surface area is 107 Å². The van der Waals surface area contributed by atoms with Gasteiger partial charge in [0, 0.05) is 6.20 Å². The zero-order valence-electron chi connectivity index (χ0n) is 11.1. The highest BCUT2D eigenvalue weighted by Gasteiger charge is 2.34. The molecule has 0 bridgehead atoms. The van der Waals surface area contributed by atoms with Crippen molar-refractivity contribution in [2.75, 3.05) is 7.11 Å². The van der Waals surface area contributed by atoms with Crippen molar-refractivity contribution in [1.82, 2.24) is 9.55 Å². The average molecular weight is 242 g/mol. The molecule has 3 heteroatoms. The molecule has 2 atom stereocenters. The average Bonchev–Trinajstić information content (AvgIpc) is 2.95. The summed E-state index contributed by atoms with van der Waals surface area (Å²) in [6.07, 6.45) is 5.14. The first kappa shape index (κ1) is 11.3. The summed E-state index contributed by atoms with van der Waals surface area (Å²) in [5, 5.41) is 0. The van der Waals surface area contributed by atoms with E-state index in [0.717, 1.165) is 29.0 Å². The standard InChI is InChI=1S/C15H18N2O/c1-10-6-13(10)12-4-5-14(15(7-12)18-3)17-8-11(2)16-9-17/h4-5,7-10,13H,6H2,1-3H3. The van der Waals surface area contributed by atoms with E-state index in [0.29, 0.717) is 0 Å². The molecule has 0 saturated heterocycles. The van der Waals surface area contributed by atoms with Gasteiger partial charge in [0.1, 0.15) is 5.75 Å². The van der Waals surface area contributed by atoms with Crippen LogP contribution >= 0.6 is 0 Å². The van der Waals surface area contributed by atoms with Crippen LogP contribution in [0.25, 0.3) is 5.69 Å². The maximum Gasteiger partial charge on any atom is 0.143 e. The van der Waals surface area contributed by atoms with E-state index in [2.05, 4.69) is 30.1 Å². The third kappa shape index (κ3) is 1.90. The van der Waals surface area contributed by atoms with Crippen LogP contribution in [0.4, 0.5) is 0 Å². The number of rotatable bonds is 3. The third-order valence-corrected chi connectivity index (χ3v) is 3.73. The normalized spacial score (nSPS) is 21.9. The van der Waals surface area contributed by atoms with Crippen molar-refractivity contribution in [3.63, 3.8) is 0 Å². The number of imidazole rings is 1. The molecule has 3 nitrogen and oxygen atoms in total. The van der Waals surface area contributed by atoms with Crippen LogP contribution < -0.4 is 4.74 Å². The van der Waals surface area contributed by atoms with Crippen LogP contribution in [0.5, 0.6) is 5.75 Å². The second-order valence-corrected chi connectivity index (χ2v) is 5.17. The fraction of sp³-hybridized carbons (Fsp3) is 0.400. The number of methoxy groups -OCH3 is 1. The molecular weight excluding hydrogens is 224 g/mol. The highest BCUT2D eigenvalue weighted by Crippen LogP contribution is 2.48. The lowest BCUT2D eigenvalue weighted by Gasteiger charge is -2.11. The van der Waals surface area contributed by atoms with Crippen molar-refractivity contribution in [2.45, 2.75) is 26.2 Å². The topological polar surface area (TPSA) is 27.1 Å². The Kier molecular flexibility index (Phi) is 2.62. The van der Waals surface area contributed by atoms with Gasteiger partial charge < -0.3 is 9.30 Å². The summed E-state index contributed by atoms with van der Waals surface area (Å²) in [5.41, 5.74) is 3.45. The lowest BCUT2D eigenvalue weighted by Crippen LogP contribution is -1.97. The van der Waals surface area contributed by atoms with Crippen LogP contribution in [-0.2, 0) is 0 Å². The van der Waals surface area contributed by atoms with Crippen LogP contribution in [0.1, 0.15) is 30.5 Å². The molecule has 2 unspecified atom stereocenters. The summed E-state index contributed by atoms with van der Waals surface area (Å²) in [4.78, 5) is 4.26. The van der Waals surface area contributed by atoms with Crippen LogP contribution in [0, 0.1) is 12.8 Å². The monoisotopic (exact) mass is 242 g/mol. The van der Waals surface area contributed by atoms with Crippen molar-refractivity contribution in [1.29, 1.82) is 0 Å². The van der Waals surface area contributed by atoms with Gasteiger partial charge in [-0.3, -0.25) is 0 Å². The number of aromatic nitrogens is 2. The molecule has 1 aliphatic carbocycles. The first-order chi connectivity index (χ1) is 8.69. The summed E-state index contributed by atoms with van der Waals surface area (Å²) in [6, 6.07) is 6.50. The Hall–Kier alpha value is -1.77. The maximum absolute atomic E-state index is 5.51. The molecule has 0 N–H and O–H groups in total. The molecular formula is C15H18N2O. The fourth-order valence-corrected chi connectivity index (χ4v) is 2.48. The van der Waals surface area contributed by atoms with Crippen LogP contribution in [0.15, 0.2) is 30.7 Å². The highest BCUT2D eigenvalue weighted by molar-refractivity contribution is 5.50. The smallest absolute Gasteiger partial charge is 0.143 e. The van der Waals surface area contributed by atoms with Crippen LogP contribution in [-0.4, -0.2) is 16.7 Å². The Morgan fingerprint density at radius 3 is 2.72 bits per heavy atom. The van der Waals surface area contributed by atoms with E-state index in [1.54, 1.807) is 7.11 Å². The summed E-state index contributed by atoms with van der Waals surface area (Å²) in [7, 11) is 1.72. The van der Waals surface area contributed by atoms with E-state index in [1.165, 1.54) is 12.0 Å². The number of benzene rings is 1. The Morgan fingerprint density at radius 1 is 1.39 bits per heavy atom. The highest BCUT2D eigenvalue weighted by atomic mass is 16.5. The van der Waals surface area contributed by atoms with Gasteiger partial charge in [-0.05, 0) is 42.9 Å². The minimum atomic E-state index is 0.720. The largest absolute Gasteiger partial charge is 0.495 e. The van der Waals surface area contributed by atoms with Gasteiger partial charge in [-0.1, -0.05) is 13.0 Å². The second kappa shape index (κ2) is 4.16. The van der Waals surface area contributed by atoms with Crippen LogP contribution in [0.3, 0.4) is 0 Å². The number of ether oxygens (including phenoxy) is 1. The minimum Gasteiger partial charge on any atom is -0.495 e. The van der Waals surface area contributed by atoms with Gasteiger partial charge in [-0.2, -0.15) is 0 Å². The third-order valence-electron chi connectivity index (χ3n) is 3.73. The molecule has 18 heavy (non-hydrogen) atoms. The van der Waals surface area contributed by atoms with Crippen molar-refractivity contribution in [3.8, 4) is 11.4 Å². The van der Waals surface area contributed by atoms with E-state index < -0.39 is 0 Å². The van der Waals surface area contributed by atoms with Crippen molar-refractivity contribution < 1.29 is 4.74 Å². The van der Waals surface area contributed by atoms with E-state index >= 15 is 0 Å². The Bertz CT molecular complexity index is 574. The summed E-state index contributed by atoms with van der Waals surface area (Å²) in [5.74, 6) is 2.46. The molecule has 0 aliphatic heterocycles. The van der Waals surface area contributed by atoms with Crippen LogP contribution in [0.2, 0.25) is 0 Å². The molecule has 0 spiro atoms. The van der Waals surface area contributed by atoms with Gasteiger partial charge in [-0.25, -0.2) is 4.98 Å². The van der Waals surface area contributed by atoms with E-state index in [1.807, 2.05) is 24.0 Å². The van der Waals surface area contributed by atoms with E-state index in [4.69, 9.17) is 4.74 Å². The molecule has 1 aliphatic rings. The van der Waals surface area contributed by atoms with Gasteiger partial charge in [-0.15, -0.1) is 0 Å². The minimum absolute atomic E-state index is 0.720. The Balaban J connectivity index is 2.00. The Morgan fingerprint density at radius 2 is 2.17 bits per heavy atom. The number of hydrogen-bond acceptors (Lipinski definition) is 2. The van der Waals surface area contributed by atoms with E-state index in [9.17, 15) is 0 Å². The first-order valence-electron chi connectivity index (χ1n) is 6.38. The first-order valence-corrected chi connectivity index (χ1v) is 6.38. The summed E-state index contributed by atoms with van der Waals surface area (Å²) in [6.45, 7) is 4.29. The lowest BCUT2D eigenvalue weighted by atomic mass is 10.1. The quantitative estimate of drug-likeness (QED) is 0.825.